The Morgan fingerprint density at radius 1 is 1.03 bits per heavy atom. The second kappa shape index (κ2) is 9.76. The van der Waals surface area contributed by atoms with Gasteiger partial charge < -0.3 is 33.8 Å². The number of halogens is 1. The molecule has 0 aliphatic carbocycles. The minimum Gasteiger partial charge on any atom is -0.491 e. The van der Waals surface area contributed by atoms with E-state index in [1.54, 1.807) is 30.3 Å². The van der Waals surface area contributed by atoms with E-state index in [1.165, 1.54) is 0 Å². The van der Waals surface area contributed by atoms with Gasteiger partial charge in [-0.2, -0.15) is 0 Å². The van der Waals surface area contributed by atoms with E-state index >= 15 is 0 Å². The number of ether oxygens (including phenoxy) is 4. The van der Waals surface area contributed by atoms with Crippen LogP contribution in [0, 0.1) is 0 Å². The van der Waals surface area contributed by atoms with Crippen molar-refractivity contribution in [3.8, 4) is 23.0 Å². The maximum absolute atomic E-state index is 12.2. The first-order valence-corrected chi connectivity index (χ1v) is 10.3. The molecule has 1 aromatic heterocycles. The van der Waals surface area contributed by atoms with Gasteiger partial charge in [0.1, 0.15) is 36.6 Å². The van der Waals surface area contributed by atoms with Gasteiger partial charge in [-0.25, -0.2) is 0 Å². The Morgan fingerprint density at radius 2 is 1.81 bits per heavy atom. The van der Waals surface area contributed by atoms with Crippen molar-refractivity contribution >= 4 is 21.8 Å². The summed E-state index contributed by atoms with van der Waals surface area (Å²) in [5.41, 5.74) is 0. The van der Waals surface area contributed by atoms with Gasteiger partial charge in [0.2, 0.25) is 6.79 Å². The number of fused-ring (bicyclic) bond motifs is 1. The molecule has 8 nitrogen and oxygen atoms in total. The van der Waals surface area contributed by atoms with Crippen LogP contribution < -0.4 is 24.3 Å². The van der Waals surface area contributed by atoms with E-state index in [9.17, 15) is 9.90 Å². The smallest absolute Gasteiger partial charge is 0.287 e. The Morgan fingerprint density at radius 3 is 2.65 bits per heavy atom. The third-order valence-corrected chi connectivity index (χ3v) is 4.89. The molecule has 4 rings (SSSR count). The van der Waals surface area contributed by atoms with Gasteiger partial charge in [-0.05, 0) is 48.5 Å². The minimum atomic E-state index is -0.899. The van der Waals surface area contributed by atoms with Crippen LogP contribution in [0.4, 0.5) is 0 Å². The number of rotatable bonds is 9. The van der Waals surface area contributed by atoms with E-state index in [-0.39, 0.29) is 32.3 Å². The summed E-state index contributed by atoms with van der Waals surface area (Å²) in [5, 5.41) is 12.7. The van der Waals surface area contributed by atoms with Gasteiger partial charge >= 0.3 is 0 Å². The third kappa shape index (κ3) is 5.71. The van der Waals surface area contributed by atoms with Crippen LogP contribution in [0.1, 0.15) is 16.3 Å². The van der Waals surface area contributed by atoms with Gasteiger partial charge in [0.25, 0.3) is 5.91 Å². The van der Waals surface area contributed by atoms with Crippen molar-refractivity contribution in [1.82, 2.24) is 5.32 Å². The molecule has 0 fully saturated rings. The summed E-state index contributed by atoms with van der Waals surface area (Å²) in [4.78, 5) is 12.2. The molecule has 0 bridgehead atoms. The average Bonchev–Trinajstić information content (AvgIpc) is 3.45. The molecule has 9 heteroatoms. The van der Waals surface area contributed by atoms with Gasteiger partial charge in [0.15, 0.2) is 17.3 Å². The normalized spacial score (nSPS) is 13.0. The molecule has 1 amide bonds. The van der Waals surface area contributed by atoms with Gasteiger partial charge in [0.05, 0.1) is 0 Å². The topological polar surface area (TPSA) is 99.4 Å². The van der Waals surface area contributed by atoms with Crippen LogP contribution >= 0.6 is 15.9 Å². The molecular weight excluding hydrogens is 470 g/mol. The van der Waals surface area contributed by atoms with E-state index in [0.717, 1.165) is 4.47 Å². The Balaban J connectivity index is 1.20. The standard InChI is InChI=1S/C22H20BrNO7/c23-14-1-3-16(4-2-14)28-12-18-6-8-20(31-18)22(26)24-10-15(25)11-27-17-5-7-19-21(9-17)30-13-29-19/h1-9,15,25H,10-13H2,(H,24,26). The van der Waals surface area contributed by atoms with Crippen molar-refractivity contribution in [1.29, 1.82) is 0 Å². The molecule has 0 saturated heterocycles. The number of furan rings is 1. The van der Waals surface area contributed by atoms with Crippen LogP contribution in [-0.2, 0) is 6.61 Å². The van der Waals surface area contributed by atoms with E-state index in [0.29, 0.717) is 28.8 Å². The SMILES string of the molecule is O=C(NCC(O)COc1ccc2c(c1)OCO2)c1ccc(COc2ccc(Br)cc2)o1. The molecule has 2 heterocycles. The van der Waals surface area contributed by atoms with Crippen molar-refractivity contribution in [2.24, 2.45) is 0 Å². The number of nitrogens with one attached hydrogen (secondary N) is 1. The van der Waals surface area contributed by atoms with E-state index in [1.807, 2.05) is 24.3 Å². The maximum atomic E-state index is 12.2. The van der Waals surface area contributed by atoms with Crippen molar-refractivity contribution in [2.75, 3.05) is 19.9 Å². The van der Waals surface area contributed by atoms with Gasteiger partial charge in [0, 0.05) is 17.1 Å². The van der Waals surface area contributed by atoms with Crippen LogP contribution in [0.25, 0.3) is 0 Å². The highest BCUT2D eigenvalue weighted by molar-refractivity contribution is 9.10. The highest BCUT2D eigenvalue weighted by Crippen LogP contribution is 2.35. The van der Waals surface area contributed by atoms with E-state index < -0.39 is 12.0 Å². The number of aliphatic hydroxyl groups excluding tert-OH is 1. The Labute approximate surface area is 186 Å². The third-order valence-electron chi connectivity index (χ3n) is 4.36. The largest absolute Gasteiger partial charge is 0.491 e. The van der Waals surface area contributed by atoms with Crippen molar-refractivity contribution < 1.29 is 33.3 Å². The average molecular weight is 490 g/mol. The maximum Gasteiger partial charge on any atom is 0.287 e. The van der Waals surface area contributed by atoms with Crippen molar-refractivity contribution in [3.05, 3.63) is 70.6 Å². The Kier molecular flexibility index (Phi) is 6.63. The highest BCUT2D eigenvalue weighted by atomic mass is 79.9. The summed E-state index contributed by atoms with van der Waals surface area (Å²) in [5.74, 6) is 2.69. The highest BCUT2D eigenvalue weighted by Gasteiger charge is 2.16. The summed E-state index contributed by atoms with van der Waals surface area (Å²) >= 11 is 3.36. The monoisotopic (exact) mass is 489 g/mol. The lowest BCUT2D eigenvalue weighted by Gasteiger charge is -2.13. The second-order valence-electron chi connectivity index (χ2n) is 6.70. The van der Waals surface area contributed by atoms with E-state index in [4.69, 9.17) is 23.4 Å². The van der Waals surface area contributed by atoms with Crippen LogP contribution in [0.5, 0.6) is 23.0 Å². The summed E-state index contributed by atoms with van der Waals surface area (Å²) in [6.45, 7) is 0.387. The second-order valence-corrected chi connectivity index (χ2v) is 7.61. The summed E-state index contributed by atoms with van der Waals surface area (Å²) in [6.07, 6.45) is -0.899. The molecule has 2 aromatic carbocycles. The zero-order valence-electron chi connectivity index (χ0n) is 16.4. The molecule has 1 aliphatic rings. The predicted octanol–water partition coefficient (Wildman–Crippen LogP) is 3.52. The summed E-state index contributed by atoms with van der Waals surface area (Å²) < 4.78 is 28.1. The summed E-state index contributed by atoms with van der Waals surface area (Å²) in [6, 6.07) is 15.8. The molecule has 31 heavy (non-hydrogen) atoms. The fraction of sp³-hybridized carbons (Fsp3) is 0.227. The van der Waals surface area contributed by atoms with Crippen molar-refractivity contribution in [2.45, 2.75) is 12.7 Å². The van der Waals surface area contributed by atoms with Crippen LogP contribution in [0.15, 0.2) is 63.5 Å². The minimum absolute atomic E-state index is 0.00432. The number of benzene rings is 2. The van der Waals surface area contributed by atoms with Crippen LogP contribution in [0.3, 0.4) is 0 Å². The van der Waals surface area contributed by atoms with Crippen LogP contribution in [-0.4, -0.2) is 37.1 Å². The molecule has 0 spiro atoms. The van der Waals surface area contributed by atoms with Gasteiger partial charge in [-0.15, -0.1) is 0 Å². The summed E-state index contributed by atoms with van der Waals surface area (Å²) in [7, 11) is 0. The fourth-order valence-electron chi connectivity index (χ4n) is 2.78. The first-order valence-electron chi connectivity index (χ1n) is 9.52. The molecular formula is C22H20BrNO7. The quantitative estimate of drug-likeness (QED) is 0.474. The lowest BCUT2D eigenvalue weighted by molar-refractivity contribution is 0.0819. The van der Waals surface area contributed by atoms with Gasteiger partial charge in [-0.3, -0.25) is 4.79 Å². The van der Waals surface area contributed by atoms with E-state index in [2.05, 4.69) is 21.2 Å². The fourth-order valence-corrected chi connectivity index (χ4v) is 3.04. The predicted molar refractivity (Wildman–Crippen MR) is 114 cm³/mol. The zero-order valence-corrected chi connectivity index (χ0v) is 18.0. The molecule has 3 aromatic rings. The Bertz CT molecular complexity index is 1030. The zero-order chi connectivity index (χ0) is 21.6. The van der Waals surface area contributed by atoms with Crippen LogP contribution in [0.2, 0.25) is 0 Å². The Hall–Kier alpha value is -3.17. The van der Waals surface area contributed by atoms with Crippen molar-refractivity contribution in [3.63, 3.8) is 0 Å². The number of hydrogen-bond acceptors (Lipinski definition) is 7. The molecule has 162 valence electrons. The lowest BCUT2D eigenvalue weighted by Crippen LogP contribution is -2.35. The molecule has 0 saturated carbocycles. The molecule has 0 radical (unpaired) electrons. The molecule has 1 aliphatic heterocycles. The number of hydrogen-bond donors (Lipinski definition) is 2. The number of carbonyl (C=O) groups excluding carboxylic acids is 1. The first-order chi connectivity index (χ1) is 15.1. The number of amides is 1. The molecule has 1 unspecified atom stereocenters. The lowest BCUT2D eigenvalue weighted by atomic mass is 10.3. The van der Waals surface area contributed by atoms with Gasteiger partial charge in [-0.1, -0.05) is 15.9 Å². The first kappa shape index (κ1) is 21.1. The number of carbonyl (C=O) groups is 1. The molecule has 2 N–H and O–H groups in total. The molecule has 1 atom stereocenters. The number of aliphatic hydroxyl groups is 1.